The van der Waals surface area contributed by atoms with Crippen LogP contribution in [0, 0.1) is 12.2 Å². The summed E-state index contributed by atoms with van der Waals surface area (Å²) in [5.74, 6) is -1.02. The number of nitrogens with zero attached hydrogens (tertiary/aromatic N) is 1. The molecule has 1 aliphatic carbocycles. The number of Topliss-reactive ketones (excluding diaryl/α,β-unsaturated/α-hetero) is 3. The molecule has 1 aromatic heterocycles. The first kappa shape index (κ1) is 15.0. The van der Waals surface area contributed by atoms with Crippen LogP contribution >= 0.6 is 0 Å². The number of hydrogen-bond donors (Lipinski definition) is 0. The van der Waals surface area contributed by atoms with Gasteiger partial charge in [0.25, 0.3) is 0 Å². The van der Waals surface area contributed by atoms with Gasteiger partial charge in [-0.05, 0) is 25.0 Å². The number of aromatic nitrogens is 1. The first-order valence-electron chi connectivity index (χ1n) is 7.90. The van der Waals surface area contributed by atoms with Crippen LogP contribution in [0.2, 0.25) is 0 Å². The van der Waals surface area contributed by atoms with Crippen LogP contribution in [-0.4, -0.2) is 21.9 Å². The molecular formula is C19H15FNO3. The average molecular weight is 324 g/mol. The van der Waals surface area contributed by atoms with Crippen molar-refractivity contribution in [1.82, 2.24) is 4.57 Å². The Morgan fingerprint density at radius 1 is 1.29 bits per heavy atom. The maximum Gasteiger partial charge on any atom is 0.189 e. The Balaban J connectivity index is 2.02. The summed E-state index contributed by atoms with van der Waals surface area (Å²) in [6.45, 7) is 1.48. The van der Waals surface area contributed by atoms with Crippen molar-refractivity contribution in [1.29, 1.82) is 0 Å². The monoisotopic (exact) mass is 324 g/mol. The number of carbonyl (C=O) groups is 3. The van der Waals surface area contributed by atoms with Crippen LogP contribution in [0.25, 0.3) is 10.9 Å². The molecule has 5 heteroatoms. The average Bonchev–Trinajstić information content (AvgIpc) is 3.32. The van der Waals surface area contributed by atoms with Gasteiger partial charge in [-0.25, -0.2) is 4.39 Å². The summed E-state index contributed by atoms with van der Waals surface area (Å²) in [6.07, 6.45) is 4.13. The molecule has 0 amide bonds. The van der Waals surface area contributed by atoms with Crippen molar-refractivity contribution in [2.75, 3.05) is 0 Å². The lowest BCUT2D eigenvalue weighted by Crippen LogP contribution is -2.33. The van der Waals surface area contributed by atoms with Crippen LogP contribution in [0.5, 0.6) is 0 Å². The van der Waals surface area contributed by atoms with Gasteiger partial charge >= 0.3 is 0 Å². The van der Waals surface area contributed by atoms with Crippen molar-refractivity contribution in [3.63, 3.8) is 0 Å². The van der Waals surface area contributed by atoms with Gasteiger partial charge in [-0.1, -0.05) is 18.2 Å². The van der Waals surface area contributed by atoms with Gasteiger partial charge in [0.1, 0.15) is 11.6 Å². The largest absolute Gasteiger partial charge is 0.324 e. The van der Waals surface area contributed by atoms with Crippen LogP contribution in [0.1, 0.15) is 30.6 Å². The SMILES string of the molecule is CC(=O)Cc1c2n(c3c(F)cccc13)C(C(=O)C1=C[CH]1)C(=O)CC2. The van der Waals surface area contributed by atoms with Crippen molar-refractivity contribution in [2.24, 2.45) is 0 Å². The number of para-hydroxylation sites is 1. The molecular weight excluding hydrogens is 309 g/mol. The van der Waals surface area contributed by atoms with E-state index in [-0.39, 0.29) is 35.7 Å². The van der Waals surface area contributed by atoms with Gasteiger partial charge in [0.15, 0.2) is 17.6 Å². The smallest absolute Gasteiger partial charge is 0.189 e. The zero-order valence-electron chi connectivity index (χ0n) is 13.1. The van der Waals surface area contributed by atoms with Crippen LogP contribution < -0.4 is 0 Å². The van der Waals surface area contributed by atoms with Crippen LogP contribution in [0.3, 0.4) is 0 Å². The lowest BCUT2D eigenvalue weighted by molar-refractivity contribution is -0.130. The lowest BCUT2D eigenvalue weighted by atomic mass is 9.94. The Labute approximate surface area is 137 Å². The third kappa shape index (κ3) is 2.15. The molecule has 0 fully saturated rings. The summed E-state index contributed by atoms with van der Waals surface area (Å²) in [4.78, 5) is 36.7. The molecule has 2 aliphatic rings. The second-order valence-corrected chi connectivity index (χ2v) is 6.33. The first-order chi connectivity index (χ1) is 11.5. The Morgan fingerprint density at radius 2 is 2.04 bits per heavy atom. The van der Waals surface area contributed by atoms with Gasteiger partial charge in [0.2, 0.25) is 0 Å². The fourth-order valence-corrected chi connectivity index (χ4v) is 3.59. The molecule has 4 rings (SSSR count). The molecule has 1 aromatic carbocycles. The highest BCUT2D eigenvalue weighted by molar-refractivity contribution is 6.17. The third-order valence-electron chi connectivity index (χ3n) is 4.66. The van der Waals surface area contributed by atoms with Gasteiger partial charge < -0.3 is 4.57 Å². The number of hydrogen-bond acceptors (Lipinski definition) is 3. The highest BCUT2D eigenvalue weighted by Crippen LogP contribution is 2.38. The summed E-state index contributed by atoms with van der Waals surface area (Å²) in [5.41, 5.74) is 2.21. The number of halogens is 1. The zero-order valence-corrected chi connectivity index (χ0v) is 13.1. The van der Waals surface area contributed by atoms with E-state index in [9.17, 15) is 18.8 Å². The Hall–Kier alpha value is -2.56. The molecule has 1 aliphatic heterocycles. The molecule has 2 heterocycles. The maximum absolute atomic E-state index is 14.6. The number of rotatable bonds is 4. The molecule has 121 valence electrons. The number of allylic oxidation sites excluding steroid dienone is 2. The van der Waals surface area contributed by atoms with E-state index in [4.69, 9.17) is 0 Å². The summed E-state index contributed by atoms with van der Waals surface area (Å²) in [7, 11) is 0. The van der Waals surface area contributed by atoms with Crippen molar-refractivity contribution in [2.45, 2.75) is 32.2 Å². The van der Waals surface area contributed by atoms with Crippen LogP contribution in [-0.2, 0) is 27.2 Å². The van der Waals surface area contributed by atoms with Gasteiger partial charge in [0, 0.05) is 35.9 Å². The molecule has 1 atom stereocenters. The molecule has 0 saturated carbocycles. The van der Waals surface area contributed by atoms with Gasteiger partial charge in [-0.2, -0.15) is 0 Å². The number of benzene rings is 1. The summed E-state index contributed by atoms with van der Waals surface area (Å²) < 4.78 is 16.1. The topological polar surface area (TPSA) is 56.1 Å². The van der Waals surface area contributed by atoms with Crippen LogP contribution in [0.15, 0.2) is 29.8 Å². The molecule has 4 nitrogen and oxygen atoms in total. The fraction of sp³-hybridized carbons (Fsp3) is 0.263. The van der Waals surface area contributed by atoms with Crippen molar-refractivity contribution < 1.29 is 18.8 Å². The van der Waals surface area contributed by atoms with Crippen molar-refractivity contribution in [3.8, 4) is 0 Å². The third-order valence-corrected chi connectivity index (χ3v) is 4.66. The normalized spacial score (nSPS) is 19.2. The second kappa shape index (κ2) is 5.23. The minimum Gasteiger partial charge on any atom is -0.324 e. The van der Waals surface area contributed by atoms with E-state index < -0.39 is 11.9 Å². The molecule has 0 saturated heterocycles. The standard InChI is InChI=1S/C19H15FNO3/c1-10(22)9-13-12-3-2-4-14(20)17(12)21-15(13)7-8-16(23)18(21)19(24)11-5-6-11/h2-6,18H,7-9H2,1H3. The quantitative estimate of drug-likeness (QED) is 0.813. The molecule has 1 radical (unpaired) electrons. The number of carbonyl (C=O) groups excluding carboxylic acids is 3. The zero-order chi connectivity index (χ0) is 17.0. The predicted octanol–water partition coefficient (Wildman–Crippen LogP) is 2.68. The summed E-state index contributed by atoms with van der Waals surface area (Å²) in [6, 6.07) is 3.62. The lowest BCUT2D eigenvalue weighted by Gasteiger charge is -2.25. The fourth-order valence-electron chi connectivity index (χ4n) is 3.59. The van der Waals surface area contributed by atoms with Gasteiger partial charge in [-0.15, -0.1) is 0 Å². The van der Waals surface area contributed by atoms with E-state index in [0.717, 1.165) is 11.3 Å². The number of fused-ring (bicyclic) bond motifs is 3. The second-order valence-electron chi connectivity index (χ2n) is 6.33. The molecule has 0 N–H and O–H groups in total. The van der Waals surface area contributed by atoms with E-state index in [1.54, 1.807) is 24.6 Å². The minimum atomic E-state index is -1.03. The summed E-state index contributed by atoms with van der Waals surface area (Å²) >= 11 is 0. The summed E-state index contributed by atoms with van der Waals surface area (Å²) in [5, 5.41) is 0.612. The van der Waals surface area contributed by atoms with E-state index >= 15 is 0 Å². The van der Waals surface area contributed by atoms with Crippen LogP contribution in [0.4, 0.5) is 4.39 Å². The van der Waals surface area contributed by atoms with Gasteiger partial charge in [0.05, 0.1) is 5.52 Å². The van der Waals surface area contributed by atoms with Crippen molar-refractivity contribution in [3.05, 3.63) is 53.3 Å². The van der Waals surface area contributed by atoms with Gasteiger partial charge in [-0.3, -0.25) is 14.4 Å². The molecule has 2 aromatic rings. The molecule has 24 heavy (non-hydrogen) atoms. The Morgan fingerprint density at radius 3 is 2.71 bits per heavy atom. The van der Waals surface area contributed by atoms with E-state index in [1.807, 2.05) is 0 Å². The number of ketones is 3. The molecule has 0 spiro atoms. The highest BCUT2D eigenvalue weighted by atomic mass is 19.1. The van der Waals surface area contributed by atoms with E-state index in [1.165, 1.54) is 17.6 Å². The predicted molar refractivity (Wildman–Crippen MR) is 86.0 cm³/mol. The first-order valence-corrected chi connectivity index (χ1v) is 7.90. The molecule has 0 bridgehead atoms. The highest BCUT2D eigenvalue weighted by Gasteiger charge is 2.39. The Kier molecular flexibility index (Phi) is 3.27. The Bertz CT molecular complexity index is 951. The molecule has 1 unspecified atom stereocenters. The van der Waals surface area contributed by atoms with E-state index in [0.29, 0.717) is 17.4 Å². The maximum atomic E-state index is 14.6. The van der Waals surface area contributed by atoms with Crippen molar-refractivity contribution >= 4 is 28.3 Å². The minimum absolute atomic E-state index is 0.0347. The van der Waals surface area contributed by atoms with E-state index in [2.05, 4.69) is 0 Å².